The molecule has 0 bridgehead atoms. The highest BCUT2D eigenvalue weighted by atomic mass is 35.5. The van der Waals surface area contributed by atoms with Crippen molar-refractivity contribution in [3.05, 3.63) is 28.8 Å². The molecule has 0 radical (unpaired) electrons. The average molecular weight is 221 g/mol. The molecule has 78 valence electrons. The van der Waals surface area contributed by atoms with Gasteiger partial charge in [0.2, 0.25) is 0 Å². The quantitative estimate of drug-likeness (QED) is 0.748. The second-order valence-corrected chi connectivity index (χ2v) is 3.30. The van der Waals surface area contributed by atoms with E-state index in [1.807, 2.05) is 6.92 Å². The molecule has 1 nitrogen and oxygen atoms in total. The molecule has 0 heterocycles. The summed E-state index contributed by atoms with van der Waals surface area (Å²) in [4.78, 5) is 0. The van der Waals surface area contributed by atoms with Gasteiger partial charge in [0.1, 0.15) is 5.75 Å². The first-order valence-electron chi connectivity index (χ1n) is 4.36. The summed E-state index contributed by atoms with van der Waals surface area (Å²) in [6.07, 6.45) is 1.88. The Bertz CT molecular complexity index is 302. The summed E-state index contributed by atoms with van der Waals surface area (Å²) < 4.78 is 27.9. The molecule has 0 amide bonds. The summed E-state index contributed by atoms with van der Waals surface area (Å²) in [5, 5.41) is 0.233. The van der Waals surface area contributed by atoms with E-state index in [9.17, 15) is 8.78 Å². The normalized spacial score (nSPS) is 10.6. The van der Waals surface area contributed by atoms with E-state index in [0.717, 1.165) is 18.4 Å². The second-order valence-electron chi connectivity index (χ2n) is 2.89. The van der Waals surface area contributed by atoms with Gasteiger partial charge in [-0.3, -0.25) is 0 Å². The van der Waals surface area contributed by atoms with Gasteiger partial charge in [-0.1, -0.05) is 31.0 Å². The zero-order valence-corrected chi connectivity index (χ0v) is 8.52. The van der Waals surface area contributed by atoms with E-state index in [2.05, 4.69) is 4.74 Å². The Kier molecular flexibility index (Phi) is 4.14. The summed E-state index contributed by atoms with van der Waals surface area (Å²) in [6, 6.07) is 4.87. The molecule has 1 rings (SSSR count). The fourth-order valence-corrected chi connectivity index (χ4v) is 1.43. The van der Waals surface area contributed by atoms with Gasteiger partial charge < -0.3 is 4.74 Å². The lowest BCUT2D eigenvalue weighted by molar-refractivity contribution is -0.0497. The van der Waals surface area contributed by atoms with Crippen molar-refractivity contribution < 1.29 is 13.5 Å². The van der Waals surface area contributed by atoms with Crippen molar-refractivity contribution in [2.75, 3.05) is 0 Å². The predicted octanol–water partition coefficient (Wildman–Crippen LogP) is 3.89. The number of aryl methyl sites for hydroxylation is 1. The lowest BCUT2D eigenvalue weighted by Crippen LogP contribution is -2.02. The highest BCUT2D eigenvalue weighted by Gasteiger charge is 2.08. The maximum Gasteiger partial charge on any atom is 0.387 e. The van der Waals surface area contributed by atoms with Gasteiger partial charge in [-0.25, -0.2) is 0 Å². The van der Waals surface area contributed by atoms with E-state index in [1.165, 1.54) is 6.07 Å². The number of ether oxygens (including phenoxy) is 1. The third-order valence-electron chi connectivity index (χ3n) is 1.75. The molecular formula is C10H11ClF2O. The molecule has 0 unspecified atom stereocenters. The Morgan fingerprint density at radius 2 is 2.14 bits per heavy atom. The van der Waals surface area contributed by atoms with Crippen LogP contribution in [-0.4, -0.2) is 6.61 Å². The standard InChI is InChI=1S/C10H11ClF2O/c1-2-3-7-4-5-9(8(11)6-7)14-10(12)13/h4-6,10H,2-3H2,1H3. The summed E-state index contributed by atoms with van der Waals surface area (Å²) in [7, 11) is 0. The molecule has 0 atom stereocenters. The monoisotopic (exact) mass is 220 g/mol. The molecule has 0 saturated carbocycles. The van der Waals surface area contributed by atoms with Gasteiger partial charge in [0, 0.05) is 0 Å². The van der Waals surface area contributed by atoms with Crippen molar-refractivity contribution in [1.29, 1.82) is 0 Å². The van der Waals surface area contributed by atoms with Gasteiger partial charge in [-0.05, 0) is 24.1 Å². The van der Waals surface area contributed by atoms with Crippen LogP contribution in [0.2, 0.25) is 5.02 Å². The molecule has 0 aliphatic carbocycles. The summed E-state index contributed by atoms with van der Waals surface area (Å²) in [5.74, 6) is 0.0292. The average Bonchev–Trinajstić information content (AvgIpc) is 2.10. The van der Waals surface area contributed by atoms with Crippen LogP contribution in [0.3, 0.4) is 0 Å². The van der Waals surface area contributed by atoms with Crippen LogP contribution in [0.5, 0.6) is 5.75 Å². The first-order chi connectivity index (χ1) is 6.63. The maximum absolute atomic E-state index is 11.9. The van der Waals surface area contributed by atoms with E-state index in [1.54, 1.807) is 12.1 Å². The van der Waals surface area contributed by atoms with Gasteiger partial charge in [-0.15, -0.1) is 0 Å². The largest absolute Gasteiger partial charge is 0.433 e. The van der Waals surface area contributed by atoms with Crippen molar-refractivity contribution in [3.63, 3.8) is 0 Å². The van der Waals surface area contributed by atoms with Crippen LogP contribution in [0.25, 0.3) is 0 Å². The summed E-state index contributed by atoms with van der Waals surface area (Å²) in [6.45, 7) is -0.790. The third kappa shape index (κ3) is 3.14. The minimum atomic E-state index is -2.83. The number of benzene rings is 1. The van der Waals surface area contributed by atoms with Crippen molar-refractivity contribution >= 4 is 11.6 Å². The summed E-state index contributed by atoms with van der Waals surface area (Å²) >= 11 is 5.75. The number of alkyl halides is 2. The zero-order chi connectivity index (χ0) is 10.6. The van der Waals surface area contributed by atoms with E-state index in [0.29, 0.717) is 0 Å². The maximum atomic E-state index is 11.9. The van der Waals surface area contributed by atoms with Crippen molar-refractivity contribution in [1.82, 2.24) is 0 Å². The number of hydrogen-bond donors (Lipinski definition) is 0. The molecule has 0 saturated heterocycles. The fraction of sp³-hybridized carbons (Fsp3) is 0.400. The second kappa shape index (κ2) is 5.15. The fourth-order valence-electron chi connectivity index (χ4n) is 1.18. The molecule has 14 heavy (non-hydrogen) atoms. The van der Waals surface area contributed by atoms with E-state index in [4.69, 9.17) is 11.6 Å². The highest BCUT2D eigenvalue weighted by Crippen LogP contribution is 2.27. The Balaban J connectivity index is 2.79. The van der Waals surface area contributed by atoms with Crippen molar-refractivity contribution in [2.45, 2.75) is 26.4 Å². The molecule has 0 fully saturated rings. The van der Waals surface area contributed by atoms with Crippen LogP contribution in [0, 0.1) is 0 Å². The van der Waals surface area contributed by atoms with Crippen LogP contribution in [0.15, 0.2) is 18.2 Å². The van der Waals surface area contributed by atoms with Crippen molar-refractivity contribution in [2.24, 2.45) is 0 Å². The molecule has 0 spiro atoms. The van der Waals surface area contributed by atoms with Gasteiger partial charge >= 0.3 is 6.61 Å². The van der Waals surface area contributed by atoms with Crippen LogP contribution in [0.4, 0.5) is 8.78 Å². The molecule has 0 aliphatic rings. The van der Waals surface area contributed by atoms with E-state index in [-0.39, 0.29) is 10.8 Å². The van der Waals surface area contributed by atoms with Crippen molar-refractivity contribution in [3.8, 4) is 5.75 Å². The molecule has 4 heteroatoms. The molecule has 0 aliphatic heterocycles. The Hall–Kier alpha value is -0.830. The SMILES string of the molecule is CCCc1ccc(OC(F)F)c(Cl)c1. The van der Waals surface area contributed by atoms with Gasteiger partial charge in [-0.2, -0.15) is 8.78 Å². The minimum Gasteiger partial charge on any atom is -0.433 e. The van der Waals surface area contributed by atoms with Gasteiger partial charge in [0.05, 0.1) is 5.02 Å². The molecule has 1 aromatic rings. The van der Waals surface area contributed by atoms with E-state index >= 15 is 0 Å². The minimum absolute atomic E-state index is 0.0292. The molecule has 1 aromatic carbocycles. The predicted molar refractivity (Wildman–Crippen MR) is 52.1 cm³/mol. The third-order valence-corrected chi connectivity index (χ3v) is 2.05. The lowest BCUT2D eigenvalue weighted by Gasteiger charge is -2.07. The molecule has 0 N–H and O–H groups in total. The van der Waals surface area contributed by atoms with Crippen LogP contribution >= 0.6 is 11.6 Å². The lowest BCUT2D eigenvalue weighted by atomic mass is 10.1. The van der Waals surface area contributed by atoms with Crippen LogP contribution < -0.4 is 4.74 Å². The Morgan fingerprint density at radius 1 is 1.43 bits per heavy atom. The molecule has 0 aromatic heterocycles. The van der Waals surface area contributed by atoms with Gasteiger partial charge in [0.15, 0.2) is 0 Å². The van der Waals surface area contributed by atoms with Crippen LogP contribution in [-0.2, 0) is 6.42 Å². The smallest absolute Gasteiger partial charge is 0.387 e. The Labute approximate surface area is 86.6 Å². The number of rotatable bonds is 4. The molecular weight excluding hydrogens is 210 g/mol. The number of hydrogen-bond acceptors (Lipinski definition) is 1. The Morgan fingerprint density at radius 3 is 2.64 bits per heavy atom. The first kappa shape index (κ1) is 11.2. The summed E-state index contributed by atoms with van der Waals surface area (Å²) in [5.41, 5.74) is 1.03. The number of halogens is 3. The topological polar surface area (TPSA) is 9.23 Å². The first-order valence-corrected chi connectivity index (χ1v) is 4.74. The highest BCUT2D eigenvalue weighted by molar-refractivity contribution is 6.32. The van der Waals surface area contributed by atoms with E-state index < -0.39 is 6.61 Å². The van der Waals surface area contributed by atoms with Crippen LogP contribution in [0.1, 0.15) is 18.9 Å². The van der Waals surface area contributed by atoms with Gasteiger partial charge in [0.25, 0.3) is 0 Å². The zero-order valence-electron chi connectivity index (χ0n) is 7.77.